The first-order valence-electron chi connectivity index (χ1n) is 28.3. The zero-order chi connectivity index (χ0) is 65.3. The summed E-state index contributed by atoms with van der Waals surface area (Å²) in [7, 11) is -5.35. The molecule has 7 rings (SSSR count). The number of phenolic OH excluding ortho intramolecular Hbond substituents is 1. The van der Waals surface area contributed by atoms with Crippen LogP contribution in [-0.4, -0.2) is 215 Å². The van der Waals surface area contributed by atoms with E-state index in [0.717, 1.165) is 54.3 Å². The van der Waals surface area contributed by atoms with Gasteiger partial charge in [-0.3, -0.25) is 42.9 Å². The summed E-state index contributed by atoms with van der Waals surface area (Å²) in [6.45, 7) is 3.79. The van der Waals surface area contributed by atoms with E-state index in [9.17, 15) is 97.3 Å². The predicted molar refractivity (Wildman–Crippen MR) is 309 cm³/mol. The zero-order valence-electron chi connectivity index (χ0n) is 48.2. The molecule has 0 aliphatic carbocycles. The standard InChI is InChI=1S/C58H72N8O22S/c1-4-5-20-87-36-17-14-32(15-18-36)30-8-6-29(7-9-30)31-10-12-33(13-11-31)51(76)60-37-23-41(71)54(79)64-56(81)47-48(73)27(2)25-66(47)58(83)45(40(70)24-43(59)72)62-55(80)46(50(75)49(74)34-16-19-39(69)42(21-34)88-89(84,85)86)63-53(78)38-22-35(68)26-65(38)57(82)44(28(3)67)61-52(37)77/h6-19,21,27-28,35,37-38,40-41,44-50,54,67-71,73-75,79H,4-5,20,22-26H2,1-3H3,(H2,59,72)(H,60,76)(H,61,77)(H,62,80)(H,63,78)(H,64,81)(H,84,85,86)/t27-,28+,35+,37+,38-,40+,41+,44?,45-,46-,47-,48-,49-,50-,54+/m0/s1. The van der Waals surface area contributed by atoms with Crippen molar-refractivity contribution < 1.29 is 106 Å². The zero-order valence-corrected chi connectivity index (χ0v) is 49.0. The molecule has 4 aromatic rings. The first-order valence-corrected chi connectivity index (χ1v) is 29.6. The number of aliphatic hydroxyl groups is 8. The molecule has 1 unspecified atom stereocenters. The number of unbranched alkanes of at least 4 members (excludes halogenated alkanes) is 1. The number of hydrogen-bond acceptors (Lipinski definition) is 21. The predicted octanol–water partition coefficient (Wildman–Crippen LogP) is -3.28. The molecule has 3 fully saturated rings. The minimum Gasteiger partial charge on any atom is -0.504 e. The number of carbonyl (C=O) groups is 8. The topological polar surface area (TPSA) is 484 Å². The van der Waals surface area contributed by atoms with Gasteiger partial charge in [0, 0.05) is 37.4 Å². The Morgan fingerprint density at radius 1 is 0.719 bits per heavy atom. The summed E-state index contributed by atoms with van der Waals surface area (Å²) in [5.74, 6) is -13.1. The van der Waals surface area contributed by atoms with Crippen molar-refractivity contribution in [3.63, 3.8) is 0 Å². The van der Waals surface area contributed by atoms with Crippen molar-refractivity contribution in [1.82, 2.24) is 36.4 Å². The van der Waals surface area contributed by atoms with Crippen LogP contribution in [0.4, 0.5) is 0 Å². The van der Waals surface area contributed by atoms with Crippen molar-refractivity contribution in [2.75, 3.05) is 19.7 Å². The van der Waals surface area contributed by atoms with E-state index in [4.69, 9.17) is 10.5 Å². The Morgan fingerprint density at radius 2 is 1.28 bits per heavy atom. The summed E-state index contributed by atoms with van der Waals surface area (Å²) in [6.07, 6.45) is -18.2. The second-order valence-corrected chi connectivity index (χ2v) is 23.1. The summed E-state index contributed by atoms with van der Waals surface area (Å²) in [5, 5.41) is 112. The van der Waals surface area contributed by atoms with Gasteiger partial charge in [-0.25, -0.2) is 0 Å². The second-order valence-electron chi connectivity index (χ2n) is 22.1. The number of nitrogens with two attached hydrogens (primary N) is 1. The molecule has 0 spiro atoms. The molecule has 30 nitrogen and oxygen atoms in total. The van der Waals surface area contributed by atoms with E-state index in [-0.39, 0.29) is 5.56 Å². The molecule has 15 atom stereocenters. The van der Waals surface area contributed by atoms with Crippen LogP contribution in [0.15, 0.2) is 91.0 Å². The third-order valence-corrected chi connectivity index (χ3v) is 15.8. The van der Waals surface area contributed by atoms with Gasteiger partial charge in [0.05, 0.1) is 37.4 Å². The van der Waals surface area contributed by atoms with Crippen molar-refractivity contribution >= 4 is 57.7 Å². The lowest BCUT2D eigenvalue weighted by molar-refractivity contribution is -0.149. The molecule has 0 radical (unpaired) electrons. The summed E-state index contributed by atoms with van der Waals surface area (Å²) in [5.41, 5.74) is 7.99. The number of nitrogens with zero attached hydrogens (tertiary/aromatic N) is 2. The van der Waals surface area contributed by atoms with Gasteiger partial charge in [0.1, 0.15) is 60.3 Å². The van der Waals surface area contributed by atoms with Crippen LogP contribution in [0.3, 0.4) is 0 Å². The highest BCUT2D eigenvalue weighted by Crippen LogP contribution is 2.33. The molecule has 0 aromatic heterocycles. The molecule has 3 aliphatic heterocycles. The molecule has 17 N–H and O–H groups in total. The van der Waals surface area contributed by atoms with Crippen LogP contribution < -0.4 is 41.2 Å². The minimum atomic E-state index is -5.35. The van der Waals surface area contributed by atoms with E-state index in [2.05, 4.69) is 27.1 Å². The fraction of sp³-hybridized carbons (Fsp3) is 0.448. The number of hydrogen-bond donors (Lipinski definition) is 16. The Kier molecular flexibility index (Phi) is 22.4. The number of primary amides is 1. The van der Waals surface area contributed by atoms with E-state index < -0.39 is 198 Å². The number of aromatic hydroxyl groups is 1. The van der Waals surface area contributed by atoms with Crippen LogP contribution >= 0.6 is 0 Å². The Balaban J connectivity index is 1.23. The molecule has 4 aromatic carbocycles. The fourth-order valence-electron chi connectivity index (χ4n) is 10.5. The molecule has 0 bridgehead atoms. The van der Waals surface area contributed by atoms with Crippen LogP contribution in [0.25, 0.3) is 22.3 Å². The third-order valence-electron chi connectivity index (χ3n) is 15.4. The van der Waals surface area contributed by atoms with E-state index in [0.29, 0.717) is 28.0 Å². The van der Waals surface area contributed by atoms with Crippen LogP contribution in [-0.2, 0) is 44.0 Å². The normalized spacial score (nSPS) is 26.4. The molecule has 89 heavy (non-hydrogen) atoms. The molecule has 31 heteroatoms. The van der Waals surface area contributed by atoms with E-state index in [1.54, 1.807) is 12.1 Å². The van der Waals surface area contributed by atoms with Gasteiger partial charge in [0.15, 0.2) is 17.7 Å². The lowest BCUT2D eigenvalue weighted by atomic mass is 9.96. The lowest BCUT2D eigenvalue weighted by Gasteiger charge is -2.34. The van der Waals surface area contributed by atoms with Crippen LogP contribution in [0.1, 0.15) is 74.9 Å². The summed E-state index contributed by atoms with van der Waals surface area (Å²) in [6, 6.07) is 10.3. The van der Waals surface area contributed by atoms with Gasteiger partial charge in [-0.15, -0.1) is 0 Å². The first-order chi connectivity index (χ1) is 42.0. The molecule has 0 saturated carbocycles. The van der Waals surface area contributed by atoms with Crippen LogP contribution in [0.5, 0.6) is 17.2 Å². The first kappa shape index (κ1) is 68.1. The number of rotatable bonds is 17. The molecule has 3 heterocycles. The van der Waals surface area contributed by atoms with E-state index in [1.165, 1.54) is 19.1 Å². The van der Waals surface area contributed by atoms with Gasteiger partial charge >= 0.3 is 10.4 Å². The Labute approximate surface area is 509 Å². The van der Waals surface area contributed by atoms with Crippen molar-refractivity contribution in [3.8, 4) is 39.5 Å². The van der Waals surface area contributed by atoms with E-state index >= 15 is 0 Å². The summed E-state index contributed by atoms with van der Waals surface area (Å²) >= 11 is 0. The Bertz CT molecular complexity index is 3340. The highest BCUT2D eigenvalue weighted by atomic mass is 32.3. The fourth-order valence-corrected chi connectivity index (χ4v) is 10.9. The lowest BCUT2D eigenvalue weighted by Crippen LogP contribution is -2.64. The number of ether oxygens (including phenoxy) is 1. The van der Waals surface area contributed by atoms with Gasteiger partial charge in [-0.1, -0.05) is 74.9 Å². The highest BCUT2D eigenvalue weighted by molar-refractivity contribution is 7.81. The maximum atomic E-state index is 14.7. The minimum absolute atomic E-state index is 0.0515. The monoisotopic (exact) mass is 1260 g/mol. The molecule has 8 amide bonds. The van der Waals surface area contributed by atoms with E-state index in [1.807, 2.05) is 59.2 Å². The van der Waals surface area contributed by atoms with Crippen LogP contribution in [0.2, 0.25) is 0 Å². The second kappa shape index (κ2) is 29.3. The number of phenols is 1. The summed E-state index contributed by atoms with van der Waals surface area (Å²) in [4.78, 5) is 115. The van der Waals surface area contributed by atoms with Crippen molar-refractivity contribution in [2.45, 2.75) is 138 Å². The van der Waals surface area contributed by atoms with Crippen molar-refractivity contribution in [2.24, 2.45) is 11.7 Å². The van der Waals surface area contributed by atoms with Crippen LogP contribution in [0, 0.1) is 5.92 Å². The smallest absolute Gasteiger partial charge is 0.446 e. The Morgan fingerprint density at radius 3 is 1.85 bits per heavy atom. The van der Waals surface area contributed by atoms with Gasteiger partial charge in [-0.2, -0.15) is 8.42 Å². The van der Waals surface area contributed by atoms with Gasteiger partial charge < -0.3 is 97.0 Å². The SMILES string of the molecule is CCCCOc1ccc(-c2ccc(-c3ccc(C(=O)N[C@@H]4C[C@@H](O)[C@@H](O)NC(=O)[C@@H]5[C@@H](O)[C@@H](C)CN5C(=O)[C@H]([C@H](O)CC(N)=O)NC(=O)[C@H]([C@H](O)[C@@H](O)c5ccc(O)c(OS(=O)(=O)O)c5)NC(=O)[C@@H]5C[C@@H](O)CN5C(=O)C([C@@H](C)O)NC4=O)cc3)cc2)cc1. The molecule has 3 saturated heterocycles. The number of aliphatic hydroxyl groups excluding tert-OH is 8. The number of fused-ring (bicyclic) bond motifs is 2. The van der Waals surface area contributed by atoms with Gasteiger partial charge in [0.2, 0.25) is 41.4 Å². The average Bonchev–Trinajstić information content (AvgIpc) is 2.01. The highest BCUT2D eigenvalue weighted by Gasteiger charge is 2.51. The average molecular weight is 1270 g/mol. The quantitative estimate of drug-likeness (QED) is 0.0364. The molecule has 482 valence electrons. The third kappa shape index (κ3) is 16.9. The molecular weight excluding hydrogens is 1190 g/mol. The maximum Gasteiger partial charge on any atom is 0.446 e. The van der Waals surface area contributed by atoms with Crippen molar-refractivity contribution in [3.05, 3.63) is 102 Å². The number of nitrogens with one attached hydrogen (secondary N) is 5. The number of carbonyl (C=O) groups excluding carboxylic acids is 8. The largest absolute Gasteiger partial charge is 0.504 e. The van der Waals surface area contributed by atoms with Crippen molar-refractivity contribution in [1.29, 1.82) is 0 Å². The van der Waals surface area contributed by atoms with Gasteiger partial charge in [0.25, 0.3) is 5.91 Å². The summed E-state index contributed by atoms with van der Waals surface area (Å²) < 4.78 is 42.5. The molecule has 3 aliphatic rings. The number of benzene rings is 4. The molecular formula is C58H72N8O22S. The maximum absolute atomic E-state index is 14.7. The Hall–Kier alpha value is -8.37. The number of amides is 8. The van der Waals surface area contributed by atoms with Gasteiger partial charge in [-0.05, 0) is 77.6 Å².